The molecule has 1 heterocycles. The van der Waals surface area contributed by atoms with Crippen LogP contribution in [0.3, 0.4) is 0 Å². The standard InChI is InChI=1S/C12H21NO3S/c1-4-16-11-7-10(12(11,2)3)13-9-5-6-17(14,15)8-9/h5-6,9-11,13H,4,7-8H2,1-3H3. The molecule has 1 fully saturated rings. The molecule has 0 aromatic heterocycles. The van der Waals surface area contributed by atoms with Gasteiger partial charge in [0.15, 0.2) is 9.84 Å². The molecule has 0 bridgehead atoms. The summed E-state index contributed by atoms with van der Waals surface area (Å²) < 4.78 is 28.3. The fourth-order valence-electron chi connectivity index (χ4n) is 2.59. The van der Waals surface area contributed by atoms with E-state index >= 15 is 0 Å². The van der Waals surface area contributed by atoms with Crippen molar-refractivity contribution in [3.8, 4) is 0 Å². The summed E-state index contributed by atoms with van der Waals surface area (Å²) in [5.74, 6) is 0.193. The maximum atomic E-state index is 11.3. The van der Waals surface area contributed by atoms with Crippen molar-refractivity contribution >= 4 is 9.84 Å². The Morgan fingerprint density at radius 3 is 2.65 bits per heavy atom. The van der Waals surface area contributed by atoms with Crippen molar-refractivity contribution < 1.29 is 13.2 Å². The predicted octanol–water partition coefficient (Wildman–Crippen LogP) is 1.09. The monoisotopic (exact) mass is 259 g/mol. The first-order chi connectivity index (χ1) is 7.85. The maximum absolute atomic E-state index is 11.3. The first kappa shape index (κ1) is 13.1. The molecule has 2 aliphatic rings. The Morgan fingerprint density at radius 1 is 1.47 bits per heavy atom. The molecular weight excluding hydrogens is 238 g/mol. The lowest BCUT2D eigenvalue weighted by atomic mass is 9.64. The second-order valence-corrected chi connectivity index (χ2v) is 7.42. The average molecular weight is 259 g/mol. The van der Waals surface area contributed by atoms with E-state index in [2.05, 4.69) is 19.2 Å². The fourth-order valence-corrected chi connectivity index (χ4v) is 3.84. The molecule has 1 N–H and O–H groups in total. The third-order valence-electron chi connectivity index (χ3n) is 3.89. The molecule has 0 radical (unpaired) electrons. The molecule has 3 unspecified atom stereocenters. The highest BCUT2D eigenvalue weighted by Crippen LogP contribution is 2.43. The molecule has 5 heteroatoms. The molecule has 1 aliphatic carbocycles. The number of rotatable bonds is 4. The number of ether oxygens (including phenoxy) is 1. The van der Waals surface area contributed by atoms with E-state index in [-0.39, 0.29) is 23.3 Å². The van der Waals surface area contributed by atoms with E-state index in [1.54, 1.807) is 6.08 Å². The summed E-state index contributed by atoms with van der Waals surface area (Å²) in [6, 6.07) is 0.300. The van der Waals surface area contributed by atoms with E-state index in [0.29, 0.717) is 6.04 Å². The van der Waals surface area contributed by atoms with E-state index in [1.165, 1.54) is 5.41 Å². The average Bonchev–Trinajstić information content (AvgIpc) is 2.57. The van der Waals surface area contributed by atoms with E-state index in [4.69, 9.17) is 4.74 Å². The van der Waals surface area contributed by atoms with Gasteiger partial charge in [-0.2, -0.15) is 0 Å². The van der Waals surface area contributed by atoms with Crippen LogP contribution >= 0.6 is 0 Å². The van der Waals surface area contributed by atoms with Gasteiger partial charge in [-0.25, -0.2) is 8.42 Å². The first-order valence-corrected chi connectivity index (χ1v) is 7.85. The van der Waals surface area contributed by atoms with Gasteiger partial charge >= 0.3 is 0 Å². The summed E-state index contributed by atoms with van der Waals surface area (Å²) in [5.41, 5.74) is 0.0796. The van der Waals surface area contributed by atoms with Crippen molar-refractivity contribution in [3.63, 3.8) is 0 Å². The van der Waals surface area contributed by atoms with Crippen molar-refractivity contribution in [2.24, 2.45) is 5.41 Å². The molecule has 0 aromatic carbocycles. The minimum absolute atomic E-state index is 0.0353. The van der Waals surface area contributed by atoms with Crippen molar-refractivity contribution in [2.45, 2.75) is 45.4 Å². The van der Waals surface area contributed by atoms with Gasteiger partial charge in [-0.05, 0) is 13.3 Å². The van der Waals surface area contributed by atoms with Crippen molar-refractivity contribution in [3.05, 3.63) is 11.5 Å². The van der Waals surface area contributed by atoms with Gasteiger partial charge in [0.25, 0.3) is 0 Å². The van der Waals surface area contributed by atoms with Crippen molar-refractivity contribution in [2.75, 3.05) is 12.4 Å². The quantitative estimate of drug-likeness (QED) is 0.821. The molecule has 3 atom stereocenters. The Kier molecular flexibility index (Phi) is 3.36. The molecule has 17 heavy (non-hydrogen) atoms. The van der Waals surface area contributed by atoms with Gasteiger partial charge in [0.1, 0.15) is 0 Å². The molecule has 1 aliphatic heterocycles. The van der Waals surface area contributed by atoms with Gasteiger partial charge in [-0.3, -0.25) is 0 Å². The van der Waals surface area contributed by atoms with Crippen LogP contribution in [0.4, 0.5) is 0 Å². The van der Waals surface area contributed by atoms with Crippen LogP contribution in [0.1, 0.15) is 27.2 Å². The summed E-state index contributed by atoms with van der Waals surface area (Å²) in [6.07, 6.45) is 3.00. The maximum Gasteiger partial charge on any atom is 0.173 e. The Morgan fingerprint density at radius 2 is 2.18 bits per heavy atom. The lowest BCUT2D eigenvalue weighted by molar-refractivity contribution is -0.115. The molecule has 4 nitrogen and oxygen atoms in total. The van der Waals surface area contributed by atoms with E-state index < -0.39 is 9.84 Å². The zero-order valence-corrected chi connectivity index (χ0v) is 11.5. The van der Waals surface area contributed by atoms with Crippen LogP contribution in [0.25, 0.3) is 0 Å². The summed E-state index contributed by atoms with van der Waals surface area (Å²) in [7, 11) is -2.96. The van der Waals surface area contributed by atoms with Crippen molar-refractivity contribution in [1.82, 2.24) is 5.32 Å². The smallest absolute Gasteiger partial charge is 0.173 e. The van der Waals surface area contributed by atoms with Crippen molar-refractivity contribution in [1.29, 1.82) is 0 Å². The van der Waals surface area contributed by atoms with Gasteiger partial charge < -0.3 is 10.1 Å². The zero-order valence-electron chi connectivity index (χ0n) is 10.6. The van der Waals surface area contributed by atoms with Crippen LogP contribution in [0.2, 0.25) is 0 Å². The Labute approximate surface area is 103 Å². The SMILES string of the molecule is CCOC1CC(NC2C=CS(=O)(=O)C2)C1(C)C. The highest BCUT2D eigenvalue weighted by Gasteiger charge is 2.49. The summed E-state index contributed by atoms with van der Waals surface area (Å²) in [4.78, 5) is 0. The van der Waals surface area contributed by atoms with Crippen LogP contribution in [-0.4, -0.2) is 39.0 Å². The van der Waals surface area contributed by atoms with Gasteiger partial charge in [0.05, 0.1) is 11.9 Å². The lowest BCUT2D eigenvalue weighted by Gasteiger charge is -2.52. The molecule has 1 saturated carbocycles. The normalized spacial score (nSPS) is 37.9. The number of sulfone groups is 1. The Bertz CT molecular complexity index is 413. The molecule has 98 valence electrons. The van der Waals surface area contributed by atoms with E-state index in [0.717, 1.165) is 13.0 Å². The van der Waals surface area contributed by atoms with Crippen LogP contribution in [-0.2, 0) is 14.6 Å². The Hall–Kier alpha value is -0.390. The number of hydrogen-bond acceptors (Lipinski definition) is 4. The molecule has 0 saturated heterocycles. The molecule has 2 rings (SSSR count). The van der Waals surface area contributed by atoms with Crippen LogP contribution in [0.15, 0.2) is 11.5 Å². The zero-order chi connectivity index (χ0) is 12.7. The van der Waals surface area contributed by atoms with E-state index in [1.807, 2.05) is 6.92 Å². The largest absolute Gasteiger partial charge is 0.378 e. The fraction of sp³-hybridized carbons (Fsp3) is 0.833. The van der Waals surface area contributed by atoms with Crippen LogP contribution in [0, 0.1) is 5.41 Å². The topological polar surface area (TPSA) is 55.4 Å². The summed E-state index contributed by atoms with van der Waals surface area (Å²) >= 11 is 0. The molecule has 0 aromatic rings. The number of nitrogens with one attached hydrogen (secondary N) is 1. The van der Waals surface area contributed by atoms with E-state index in [9.17, 15) is 8.42 Å². The second-order valence-electron chi connectivity index (χ2n) is 5.48. The first-order valence-electron chi connectivity index (χ1n) is 6.14. The van der Waals surface area contributed by atoms with Crippen LogP contribution in [0.5, 0.6) is 0 Å². The summed E-state index contributed by atoms with van der Waals surface area (Å²) in [5, 5.41) is 4.72. The summed E-state index contributed by atoms with van der Waals surface area (Å²) in [6.45, 7) is 7.07. The van der Waals surface area contributed by atoms with Gasteiger partial charge in [-0.15, -0.1) is 0 Å². The third-order valence-corrected chi connectivity index (χ3v) is 5.29. The second kappa shape index (κ2) is 4.37. The molecule has 0 spiro atoms. The highest BCUT2D eigenvalue weighted by atomic mass is 32.2. The lowest BCUT2D eigenvalue weighted by Crippen LogP contribution is -2.62. The van der Waals surface area contributed by atoms with Gasteiger partial charge in [0, 0.05) is 29.5 Å². The minimum atomic E-state index is -2.96. The van der Waals surface area contributed by atoms with Gasteiger partial charge in [-0.1, -0.05) is 19.9 Å². The highest BCUT2D eigenvalue weighted by molar-refractivity contribution is 7.94. The third kappa shape index (κ3) is 2.56. The minimum Gasteiger partial charge on any atom is -0.378 e. The van der Waals surface area contributed by atoms with Crippen LogP contribution < -0.4 is 5.32 Å². The number of hydrogen-bond donors (Lipinski definition) is 1. The predicted molar refractivity (Wildman–Crippen MR) is 67.5 cm³/mol. The van der Waals surface area contributed by atoms with Gasteiger partial charge in [0.2, 0.25) is 0 Å². The Balaban J connectivity index is 1.89. The molecular formula is C12H21NO3S. The molecule has 0 amide bonds.